The summed E-state index contributed by atoms with van der Waals surface area (Å²) < 4.78 is 7.21. The smallest absolute Gasteiger partial charge is 0.410 e. The van der Waals surface area contributed by atoms with Crippen molar-refractivity contribution in [2.45, 2.75) is 45.9 Å². The first kappa shape index (κ1) is 14.9. The van der Waals surface area contributed by atoms with Crippen molar-refractivity contribution in [2.75, 3.05) is 20.1 Å². The Hall–Kier alpha value is -2.05. The number of carbonyl (C=O) groups is 2. The van der Waals surface area contributed by atoms with E-state index in [-0.39, 0.29) is 12.0 Å². The monoisotopic (exact) mass is 306 g/mol. The number of hydrogen-bond donors (Lipinski definition) is 0. The Morgan fingerprint density at radius 2 is 1.95 bits per heavy atom. The fourth-order valence-corrected chi connectivity index (χ4v) is 2.84. The summed E-state index contributed by atoms with van der Waals surface area (Å²) in [6, 6.07) is 0. The second kappa shape index (κ2) is 5.00. The Bertz CT molecular complexity index is 629. The summed E-state index contributed by atoms with van der Waals surface area (Å²) in [5.74, 6) is -0.0222. The molecule has 2 aliphatic rings. The molecule has 0 spiro atoms. The maximum atomic E-state index is 12.4. The molecular weight excluding hydrogens is 284 g/mol. The molecule has 2 amide bonds. The number of hydrogen-bond acceptors (Lipinski definition) is 4. The van der Waals surface area contributed by atoms with Gasteiger partial charge in [0.15, 0.2) is 0 Å². The lowest BCUT2D eigenvalue weighted by Crippen LogP contribution is -2.41. The molecule has 0 radical (unpaired) electrons. The highest BCUT2D eigenvalue weighted by atomic mass is 16.6. The molecule has 7 nitrogen and oxygen atoms in total. The molecule has 3 rings (SSSR count). The standard InChI is InChI=1S/C15H22N4O3/c1-15(2,3)22-14(21)18-6-5-11-10(9-18)12-13(20)17(4)7-8-19(12)16-11/h5-9H2,1-4H3. The second-order valence-electron chi connectivity index (χ2n) is 6.88. The summed E-state index contributed by atoms with van der Waals surface area (Å²) in [6.07, 6.45) is 0.320. The van der Waals surface area contributed by atoms with E-state index in [2.05, 4.69) is 5.10 Å². The zero-order valence-electron chi connectivity index (χ0n) is 13.5. The molecule has 0 aliphatic carbocycles. The largest absolute Gasteiger partial charge is 0.444 e. The van der Waals surface area contributed by atoms with Crippen LogP contribution < -0.4 is 0 Å². The van der Waals surface area contributed by atoms with E-state index in [4.69, 9.17) is 4.74 Å². The van der Waals surface area contributed by atoms with Gasteiger partial charge >= 0.3 is 6.09 Å². The van der Waals surface area contributed by atoms with Crippen molar-refractivity contribution in [3.63, 3.8) is 0 Å². The van der Waals surface area contributed by atoms with Crippen LogP contribution in [-0.4, -0.2) is 57.3 Å². The Morgan fingerprint density at radius 3 is 2.64 bits per heavy atom. The lowest BCUT2D eigenvalue weighted by Gasteiger charge is -2.30. The third-order valence-electron chi connectivity index (χ3n) is 3.95. The number of fused-ring (bicyclic) bond motifs is 3. The molecule has 1 aromatic rings. The minimum Gasteiger partial charge on any atom is -0.444 e. The van der Waals surface area contributed by atoms with Crippen molar-refractivity contribution in [3.05, 3.63) is 17.0 Å². The summed E-state index contributed by atoms with van der Waals surface area (Å²) in [5.41, 5.74) is 1.90. The van der Waals surface area contributed by atoms with Crippen molar-refractivity contribution in [3.8, 4) is 0 Å². The zero-order valence-corrected chi connectivity index (χ0v) is 13.5. The molecule has 0 saturated carbocycles. The number of likely N-dealkylation sites (N-methyl/N-ethyl adjacent to an activating group) is 1. The van der Waals surface area contributed by atoms with Gasteiger partial charge in [-0.25, -0.2) is 4.79 Å². The van der Waals surface area contributed by atoms with Gasteiger partial charge < -0.3 is 14.5 Å². The van der Waals surface area contributed by atoms with Gasteiger partial charge in [-0.05, 0) is 20.8 Å². The molecule has 0 bridgehead atoms. The van der Waals surface area contributed by atoms with Crippen LogP contribution in [0.3, 0.4) is 0 Å². The van der Waals surface area contributed by atoms with Gasteiger partial charge in [-0.15, -0.1) is 0 Å². The molecule has 1 aromatic heterocycles. The van der Waals surface area contributed by atoms with E-state index in [1.54, 1.807) is 21.5 Å². The lowest BCUT2D eigenvalue weighted by molar-refractivity contribution is 0.0222. The Morgan fingerprint density at radius 1 is 1.23 bits per heavy atom. The van der Waals surface area contributed by atoms with Gasteiger partial charge in [0, 0.05) is 32.1 Å². The third kappa shape index (κ3) is 2.55. The van der Waals surface area contributed by atoms with E-state index >= 15 is 0 Å². The molecule has 0 atom stereocenters. The van der Waals surface area contributed by atoms with E-state index in [9.17, 15) is 9.59 Å². The van der Waals surface area contributed by atoms with Gasteiger partial charge in [0.1, 0.15) is 11.3 Å². The van der Waals surface area contributed by atoms with E-state index in [0.717, 1.165) is 11.3 Å². The van der Waals surface area contributed by atoms with Crippen molar-refractivity contribution >= 4 is 12.0 Å². The van der Waals surface area contributed by atoms with Gasteiger partial charge in [0.05, 0.1) is 18.8 Å². The highest BCUT2D eigenvalue weighted by molar-refractivity contribution is 5.95. The van der Waals surface area contributed by atoms with E-state index in [1.165, 1.54) is 0 Å². The van der Waals surface area contributed by atoms with Gasteiger partial charge in [0.25, 0.3) is 5.91 Å². The lowest BCUT2D eigenvalue weighted by atomic mass is 10.0. The Kier molecular flexibility index (Phi) is 3.38. The fraction of sp³-hybridized carbons (Fsp3) is 0.667. The maximum absolute atomic E-state index is 12.4. The SMILES string of the molecule is CN1CCn2nc3c(c2C1=O)CN(C(=O)OC(C)(C)C)CC3. The quantitative estimate of drug-likeness (QED) is 0.724. The van der Waals surface area contributed by atoms with Crippen LogP contribution in [-0.2, 0) is 24.2 Å². The molecular formula is C15H22N4O3. The summed E-state index contributed by atoms with van der Waals surface area (Å²) in [5, 5.41) is 4.53. The minimum atomic E-state index is -0.522. The van der Waals surface area contributed by atoms with Crippen molar-refractivity contribution in [1.29, 1.82) is 0 Å². The molecule has 0 N–H and O–H groups in total. The summed E-state index contributed by atoms with van der Waals surface area (Å²) >= 11 is 0. The first-order chi connectivity index (χ1) is 10.3. The molecule has 0 fully saturated rings. The number of aromatic nitrogens is 2. The van der Waals surface area contributed by atoms with Gasteiger partial charge in [0.2, 0.25) is 0 Å². The van der Waals surface area contributed by atoms with Gasteiger partial charge in [-0.1, -0.05) is 0 Å². The molecule has 120 valence electrons. The van der Waals surface area contributed by atoms with Crippen LogP contribution in [0.25, 0.3) is 0 Å². The highest BCUT2D eigenvalue weighted by Crippen LogP contribution is 2.26. The van der Waals surface area contributed by atoms with Crippen LogP contribution in [0.1, 0.15) is 42.5 Å². The molecule has 3 heterocycles. The predicted octanol–water partition coefficient (Wildman–Crippen LogP) is 1.26. The topological polar surface area (TPSA) is 67.7 Å². The van der Waals surface area contributed by atoms with Crippen LogP contribution in [0.4, 0.5) is 4.79 Å². The second-order valence-corrected chi connectivity index (χ2v) is 6.88. The first-order valence-electron chi connectivity index (χ1n) is 7.58. The summed E-state index contributed by atoms with van der Waals surface area (Å²) in [6.45, 7) is 7.88. The van der Waals surface area contributed by atoms with E-state index in [0.29, 0.717) is 38.3 Å². The van der Waals surface area contributed by atoms with Crippen LogP contribution in [0, 0.1) is 0 Å². The molecule has 0 saturated heterocycles. The van der Waals surface area contributed by atoms with E-state index in [1.807, 2.05) is 20.8 Å². The first-order valence-corrected chi connectivity index (χ1v) is 7.58. The molecule has 22 heavy (non-hydrogen) atoms. The number of carbonyl (C=O) groups excluding carboxylic acids is 2. The van der Waals surface area contributed by atoms with Crippen LogP contribution in [0.15, 0.2) is 0 Å². The zero-order chi connectivity index (χ0) is 16.1. The molecule has 2 aliphatic heterocycles. The van der Waals surface area contributed by atoms with Crippen molar-refractivity contribution in [2.24, 2.45) is 0 Å². The number of ether oxygens (including phenoxy) is 1. The van der Waals surface area contributed by atoms with Crippen molar-refractivity contribution < 1.29 is 14.3 Å². The fourth-order valence-electron chi connectivity index (χ4n) is 2.84. The average Bonchev–Trinajstić information content (AvgIpc) is 2.79. The van der Waals surface area contributed by atoms with Crippen LogP contribution in [0.2, 0.25) is 0 Å². The van der Waals surface area contributed by atoms with E-state index < -0.39 is 5.60 Å². The number of nitrogens with zero attached hydrogens (tertiary/aromatic N) is 4. The Balaban J connectivity index is 1.86. The van der Waals surface area contributed by atoms with Crippen LogP contribution in [0.5, 0.6) is 0 Å². The van der Waals surface area contributed by atoms with Crippen molar-refractivity contribution in [1.82, 2.24) is 19.6 Å². The normalized spacial score (nSPS) is 18.1. The highest BCUT2D eigenvalue weighted by Gasteiger charge is 2.34. The molecule has 0 unspecified atom stereocenters. The van der Waals surface area contributed by atoms with Crippen LogP contribution >= 0.6 is 0 Å². The molecule has 7 heteroatoms. The predicted molar refractivity (Wildman–Crippen MR) is 79.5 cm³/mol. The third-order valence-corrected chi connectivity index (χ3v) is 3.95. The number of rotatable bonds is 0. The summed E-state index contributed by atoms with van der Waals surface area (Å²) in [7, 11) is 1.79. The average molecular weight is 306 g/mol. The number of amides is 2. The van der Waals surface area contributed by atoms with Gasteiger partial charge in [-0.2, -0.15) is 5.10 Å². The minimum absolute atomic E-state index is 0.0222. The molecule has 0 aromatic carbocycles. The maximum Gasteiger partial charge on any atom is 0.410 e. The summed E-state index contributed by atoms with van der Waals surface area (Å²) in [4.78, 5) is 28.0. The van der Waals surface area contributed by atoms with Gasteiger partial charge in [-0.3, -0.25) is 9.48 Å². The Labute approximate surface area is 129 Å².